The van der Waals surface area contributed by atoms with Crippen molar-refractivity contribution in [1.82, 2.24) is 0 Å². The van der Waals surface area contributed by atoms with Crippen LogP contribution in [0, 0.1) is 11.3 Å². The number of carbonyl (C=O) groups is 1. The second-order valence-electron chi connectivity index (χ2n) is 4.94. The molecular formula is C15H17NO2. The van der Waals surface area contributed by atoms with Gasteiger partial charge in [-0.3, -0.25) is 0 Å². The van der Waals surface area contributed by atoms with Crippen molar-refractivity contribution in [2.24, 2.45) is 0 Å². The van der Waals surface area contributed by atoms with Crippen LogP contribution >= 0.6 is 0 Å². The summed E-state index contributed by atoms with van der Waals surface area (Å²) < 4.78 is 5.15. The number of rotatable bonds is 3. The normalized spacial score (nSPS) is 11.2. The Morgan fingerprint density at radius 2 is 1.94 bits per heavy atom. The molecule has 0 aromatic heterocycles. The lowest BCUT2D eigenvalue weighted by atomic mass is 10.1. The molecule has 0 saturated heterocycles. The van der Waals surface area contributed by atoms with Crippen LogP contribution in [0.2, 0.25) is 0 Å². The van der Waals surface area contributed by atoms with Crippen molar-refractivity contribution in [3.05, 3.63) is 41.5 Å². The monoisotopic (exact) mass is 243 g/mol. The van der Waals surface area contributed by atoms with Crippen molar-refractivity contribution in [2.45, 2.75) is 32.8 Å². The maximum atomic E-state index is 11.4. The van der Waals surface area contributed by atoms with Gasteiger partial charge in [0.05, 0.1) is 12.5 Å². The van der Waals surface area contributed by atoms with Crippen molar-refractivity contribution in [3.8, 4) is 6.07 Å². The molecule has 3 heteroatoms. The molecule has 94 valence electrons. The van der Waals surface area contributed by atoms with E-state index in [1.54, 1.807) is 6.08 Å². The van der Waals surface area contributed by atoms with Gasteiger partial charge in [0.15, 0.2) is 0 Å². The second kappa shape index (κ2) is 6.02. The predicted octanol–water partition coefficient (Wildman–Crippen LogP) is 3.11. The summed E-state index contributed by atoms with van der Waals surface area (Å²) in [4.78, 5) is 11.4. The quantitative estimate of drug-likeness (QED) is 0.605. The Labute approximate surface area is 108 Å². The molecule has 0 atom stereocenters. The van der Waals surface area contributed by atoms with Gasteiger partial charge in [-0.15, -0.1) is 0 Å². The van der Waals surface area contributed by atoms with E-state index >= 15 is 0 Å². The van der Waals surface area contributed by atoms with Crippen LogP contribution in [0.3, 0.4) is 0 Å². The highest BCUT2D eigenvalue weighted by Gasteiger charge is 2.13. The Hall–Kier alpha value is -2.08. The molecular weight excluding hydrogens is 226 g/mol. The highest BCUT2D eigenvalue weighted by atomic mass is 16.6. The molecule has 0 N–H and O–H groups in total. The van der Waals surface area contributed by atoms with Gasteiger partial charge in [0, 0.05) is 6.08 Å². The number of hydrogen-bond donors (Lipinski definition) is 0. The van der Waals surface area contributed by atoms with Gasteiger partial charge in [-0.1, -0.05) is 24.3 Å². The van der Waals surface area contributed by atoms with E-state index in [4.69, 9.17) is 10.00 Å². The summed E-state index contributed by atoms with van der Waals surface area (Å²) in [6.07, 6.45) is 3.50. The topological polar surface area (TPSA) is 50.1 Å². The molecule has 0 heterocycles. The predicted molar refractivity (Wildman–Crippen MR) is 70.6 cm³/mol. The van der Waals surface area contributed by atoms with E-state index in [1.165, 1.54) is 6.08 Å². The minimum atomic E-state index is -0.474. The van der Waals surface area contributed by atoms with E-state index in [0.717, 1.165) is 11.1 Å². The molecule has 1 aromatic rings. The molecule has 0 radical (unpaired) electrons. The molecule has 0 aliphatic heterocycles. The first-order valence-corrected chi connectivity index (χ1v) is 5.78. The molecule has 0 aliphatic carbocycles. The number of hydrogen-bond acceptors (Lipinski definition) is 3. The van der Waals surface area contributed by atoms with Crippen molar-refractivity contribution >= 4 is 12.0 Å². The first kappa shape index (κ1) is 14.0. The fourth-order valence-corrected chi connectivity index (χ4v) is 1.34. The summed E-state index contributed by atoms with van der Waals surface area (Å²) in [6.45, 7) is 5.49. The molecule has 0 spiro atoms. The summed E-state index contributed by atoms with van der Waals surface area (Å²) in [5.74, 6) is -0.358. The summed E-state index contributed by atoms with van der Waals surface area (Å²) in [5, 5.41) is 8.55. The first-order chi connectivity index (χ1) is 8.40. The van der Waals surface area contributed by atoms with Crippen LogP contribution in [0.5, 0.6) is 0 Å². The number of ether oxygens (including phenoxy) is 1. The van der Waals surface area contributed by atoms with E-state index in [0.29, 0.717) is 6.42 Å². The van der Waals surface area contributed by atoms with Crippen LogP contribution in [0.25, 0.3) is 6.08 Å². The highest BCUT2D eigenvalue weighted by Crippen LogP contribution is 2.09. The van der Waals surface area contributed by atoms with Crippen molar-refractivity contribution < 1.29 is 9.53 Å². The van der Waals surface area contributed by atoms with E-state index < -0.39 is 5.60 Å². The summed E-state index contributed by atoms with van der Waals surface area (Å²) in [6, 6.07) is 9.57. The van der Waals surface area contributed by atoms with E-state index in [2.05, 4.69) is 6.07 Å². The van der Waals surface area contributed by atoms with Crippen molar-refractivity contribution in [2.75, 3.05) is 0 Å². The third kappa shape index (κ3) is 5.31. The number of nitriles is 1. The van der Waals surface area contributed by atoms with Crippen molar-refractivity contribution in [3.63, 3.8) is 0 Å². The lowest BCUT2D eigenvalue weighted by Crippen LogP contribution is -2.22. The van der Waals surface area contributed by atoms with Crippen LogP contribution in [0.4, 0.5) is 0 Å². The minimum Gasteiger partial charge on any atom is -0.457 e. The second-order valence-corrected chi connectivity index (χ2v) is 4.94. The summed E-state index contributed by atoms with van der Waals surface area (Å²) >= 11 is 0. The van der Waals surface area contributed by atoms with Gasteiger partial charge in [-0.25, -0.2) is 4.79 Å². The third-order valence-corrected chi connectivity index (χ3v) is 2.08. The molecule has 1 aromatic carbocycles. The summed E-state index contributed by atoms with van der Waals surface area (Å²) in [5.41, 5.74) is 1.40. The Morgan fingerprint density at radius 3 is 2.44 bits per heavy atom. The van der Waals surface area contributed by atoms with Gasteiger partial charge in [-0.2, -0.15) is 5.26 Å². The van der Waals surface area contributed by atoms with E-state index in [-0.39, 0.29) is 5.97 Å². The molecule has 0 bridgehead atoms. The molecule has 1 rings (SSSR count). The zero-order chi connectivity index (χ0) is 13.6. The fourth-order valence-electron chi connectivity index (χ4n) is 1.34. The van der Waals surface area contributed by atoms with Gasteiger partial charge in [0.2, 0.25) is 0 Å². The molecule has 3 nitrogen and oxygen atoms in total. The maximum Gasteiger partial charge on any atom is 0.331 e. The van der Waals surface area contributed by atoms with Crippen molar-refractivity contribution in [1.29, 1.82) is 5.26 Å². The SMILES string of the molecule is CC(C)(C)OC(=O)/C=C\c1ccc(CC#N)cc1. The molecule has 0 amide bonds. The Kier molecular flexibility index (Phi) is 4.67. The number of esters is 1. The third-order valence-electron chi connectivity index (χ3n) is 2.08. The number of benzene rings is 1. The average Bonchev–Trinajstić information content (AvgIpc) is 2.26. The lowest BCUT2D eigenvalue weighted by Gasteiger charge is -2.17. The smallest absolute Gasteiger partial charge is 0.331 e. The first-order valence-electron chi connectivity index (χ1n) is 5.78. The van der Waals surface area contributed by atoms with Crippen LogP contribution in [-0.4, -0.2) is 11.6 Å². The van der Waals surface area contributed by atoms with Gasteiger partial charge in [0.25, 0.3) is 0 Å². The standard InChI is InChI=1S/C15H17NO2/c1-15(2,3)18-14(17)9-8-12-4-6-13(7-5-12)10-11-16/h4-9H,10H2,1-3H3/b9-8-. The largest absolute Gasteiger partial charge is 0.457 e. The summed E-state index contributed by atoms with van der Waals surface area (Å²) in [7, 11) is 0. The van der Waals surface area contributed by atoms with Crippen LogP contribution < -0.4 is 0 Å². The van der Waals surface area contributed by atoms with E-state index in [9.17, 15) is 4.79 Å². The Balaban J connectivity index is 2.62. The molecule has 18 heavy (non-hydrogen) atoms. The van der Waals surface area contributed by atoms with Crippen LogP contribution in [0.15, 0.2) is 30.3 Å². The zero-order valence-corrected chi connectivity index (χ0v) is 10.9. The van der Waals surface area contributed by atoms with Gasteiger partial charge >= 0.3 is 5.97 Å². The molecule has 0 fully saturated rings. The van der Waals surface area contributed by atoms with Gasteiger partial charge in [0.1, 0.15) is 5.60 Å². The highest BCUT2D eigenvalue weighted by molar-refractivity contribution is 5.87. The fraction of sp³-hybridized carbons (Fsp3) is 0.333. The zero-order valence-electron chi connectivity index (χ0n) is 10.9. The number of nitrogens with zero attached hydrogens (tertiary/aromatic N) is 1. The lowest BCUT2D eigenvalue weighted by molar-refractivity contribution is -0.148. The van der Waals surface area contributed by atoms with E-state index in [1.807, 2.05) is 45.0 Å². The minimum absolute atomic E-state index is 0.358. The van der Waals surface area contributed by atoms with Gasteiger partial charge in [-0.05, 0) is 38.0 Å². The van der Waals surface area contributed by atoms with Crippen LogP contribution in [0.1, 0.15) is 31.9 Å². The molecule has 0 unspecified atom stereocenters. The number of carbonyl (C=O) groups excluding carboxylic acids is 1. The van der Waals surface area contributed by atoms with Gasteiger partial charge < -0.3 is 4.74 Å². The Morgan fingerprint density at radius 1 is 1.33 bits per heavy atom. The molecule has 0 aliphatic rings. The average molecular weight is 243 g/mol. The molecule has 0 saturated carbocycles. The van der Waals surface area contributed by atoms with Crippen LogP contribution in [-0.2, 0) is 16.0 Å². The maximum absolute atomic E-state index is 11.4. The Bertz CT molecular complexity index is 473.